The maximum absolute atomic E-state index is 11.6. The van der Waals surface area contributed by atoms with Crippen molar-refractivity contribution in [1.82, 2.24) is 14.8 Å². The summed E-state index contributed by atoms with van der Waals surface area (Å²) in [5, 5.41) is 17.8. The highest BCUT2D eigenvalue weighted by Gasteiger charge is 2.25. The molecule has 124 valence electrons. The number of nitro benzene ring substituents is 1. The second kappa shape index (κ2) is 7.21. The monoisotopic (exact) mass is 324 g/mol. The number of hydrogen-bond donors (Lipinski definition) is 0. The number of nitro groups is 1. The summed E-state index contributed by atoms with van der Waals surface area (Å²) in [4.78, 5) is 15.3. The Morgan fingerprint density at radius 1 is 1.25 bits per heavy atom. The van der Waals surface area contributed by atoms with E-state index in [0.29, 0.717) is 6.54 Å². The van der Waals surface area contributed by atoms with Gasteiger partial charge in [0.05, 0.1) is 4.92 Å². The van der Waals surface area contributed by atoms with Crippen molar-refractivity contribution >= 4 is 16.5 Å². The van der Waals surface area contributed by atoms with Gasteiger partial charge in [-0.15, -0.1) is 0 Å². The summed E-state index contributed by atoms with van der Waals surface area (Å²) < 4.78 is 1.76. The van der Waals surface area contributed by atoms with Gasteiger partial charge in [-0.1, -0.05) is 44.0 Å². The minimum Gasteiger partial charge on any atom is -0.258 e. The summed E-state index contributed by atoms with van der Waals surface area (Å²) in [5.41, 5.74) is 0.997. The topological polar surface area (TPSA) is 73.8 Å². The van der Waals surface area contributed by atoms with E-state index in [0.717, 1.165) is 35.6 Å². The zero-order valence-electron chi connectivity index (χ0n) is 13.6. The summed E-state index contributed by atoms with van der Waals surface area (Å²) >= 11 is 0. The van der Waals surface area contributed by atoms with Crippen molar-refractivity contribution in [2.75, 3.05) is 0 Å². The van der Waals surface area contributed by atoms with Gasteiger partial charge in [0.1, 0.15) is 12.7 Å². The van der Waals surface area contributed by atoms with Crippen LogP contribution >= 0.6 is 0 Å². The average Bonchev–Trinajstić information content (AvgIpc) is 3.10. The van der Waals surface area contributed by atoms with Crippen molar-refractivity contribution in [1.29, 1.82) is 0 Å². The molecule has 0 aliphatic carbocycles. The van der Waals surface area contributed by atoms with Crippen molar-refractivity contribution < 1.29 is 4.92 Å². The number of nitrogens with zero attached hydrogens (tertiary/aromatic N) is 4. The van der Waals surface area contributed by atoms with E-state index in [1.165, 1.54) is 6.33 Å². The van der Waals surface area contributed by atoms with Crippen LogP contribution in [0.5, 0.6) is 0 Å². The van der Waals surface area contributed by atoms with Crippen LogP contribution in [-0.2, 0) is 6.54 Å². The molecule has 0 saturated heterocycles. The molecule has 1 heterocycles. The molecular weight excluding hydrogens is 304 g/mol. The normalized spacial score (nSPS) is 12.4. The Kier molecular flexibility index (Phi) is 4.84. The predicted molar refractivity (Wildman–Crippen MR) is 92.9 cm³/mol. The lowest BCUT2D eigenvalue weighted by Crippen LogP contribution is -2.12. The fourth-order valence-corrected chi connectivity index (χ4v) is 3.20. The first kappa shape index (κ1) is 16.1. The first-order chi connectivity index (χ1) is 11.7. The van der Waals surface area contributed by atoms with Gasteiger partial charge in [0.25, 0.3) is 5.69 Å². The van der Waals surface area contributed by atoms with Gasteiger partial charge in [0.15, 0.2) is 0 Å². The first-order valence-corrected chi connectivity index (χ1v) is 8.19. The molecule has 0 amide bonds. The molecule has 0 radical (unpaired) electrons. The number of rotatable bonds is 7. The third kappa shape index (κ3) is 3.27. The van der Waals surface area contributed by atoms with Crippen molar-refractivity contribution in [3.05, 3.63) is 64.7 Å². The van der Waals surface area contributed by atoms with E-state index < -0.39 is 0 Å². The van der Waals surface area contributed by atoms with Gasteiger partial charge in [-0.25, -0.2) is 4.98 Å². The second-order valence-electron chi connectivity index (χ2n) is 5.93. The molecule has 1 unspecified atom stereocenters. The van der Waals surface area contributed by atoms with Gasteiger partial charge in [-0.2, -0.15) is 5.10 Å². The van der Waals surface area contributed by atoms with Gasteiger partial charge in [-0.3, -0.25) is 14.8 Å². The Labute approximate surface area is 140 Å². The van der Waals surface area contributed by atoms with Crippen LogP contribution in [-0.4, -0.2) is 19.7 Å². The van der Waals surface area contributed by atoms with E-state index in [-0.39, 0.29) is 16.5 Å². The predicted octanol–water partition coefficient (Wildman–Crippen LogP) is 4.31. The molecule has 3 rings (SSSR count). The quantitative estimate of drug-likeness (QED) is 0.479. The van der Waals surface area contributed by atoms with Crippen LogP contribution in [0.15, 0.2) is 49.1 Å². The third-order valence-corrected chi connectivity index (χ3v) is 4.33. The SMILES string of the molecule is CCCCC(Cn1cncn1)c1c([N+](=O)[O-])ccc2ccccc12. The van der Waals surface area contributed by atoms with Crippen molar-refractivity contribution in [3.63, 3.8) is 0 Å². The highest BCUT2D eigenvalue weighted by atomic mass is 16.6. The lowest BCUT2D eigenvalue weighted by Gasteiger charge is -2.19. The Balaban J connectivity index is 2.13. The molecule has 1 atom stereocenters. The molecular formula is C18H20N4O2. The van der Waals surface area contributed by atoms with Crippen LogP contribution in [0.4, 0.5) is 5.69 Å². The summed E-state index contributed by atoms with van der Waals surface area (Å²) in [6, 6.07) is 11.3. The highest BCUT2D eigenvalue weighted by Crippen LogP contribution is 2.37. The van der Waals surface area contributed by atoms with Gasteiger partial charge in [0.2, 0.25) is 0 Å². The number of unbranched alkanes of at least 4 members (excludes halogenated alkanes) is 1. The third-order valence-electron chi connectivity index (χ3n) is 4.33. The number of fused-ring (bicyclic) bond motifs is 1. The molecule has 0 spiro atoms. The maximum atomic E-state index is 11.6. The number of aromatic nitrogens is 3. The molecule has 6 heteroatoms. The molecule has 0 aliphatic rings. The van der Waals surface area contributed by atoms with E-state index in [1.54, 1.807) is 17.1 Å². The molecule has 0 aliphatic heterocycles. The lowest BCUT2D eigenvalue weighted by molar-refractivity contribution is -0.385. The van der Waals surface area contributed by atoms with E-state index >= 15 is 0 Å². The second-order valence-corrected chi connectivity index (χ2v) is 5.93. The van der Waals surface area contributed by atoms with Crippen LogP contribution in [0.2, 0.25) is 0 Å². The Morgan fingerprint density at radius 3 is 2.79 bits per heavy atom. The Hall–Kier alpha value is -2.76. The summed E-state index contributed by atoms with van der Waals surface area (Å²) in [6.07, 6.45) is 6.10. The van der Waals surface area contributed by atoms with E-state index in [1.807, 2.05) is 30.3 Å². The molecule has 24 heavy (non-hydrogen) atoms. The molecule has 2 aromatic carbocycles. The van der Waals surface area contributed by atoms with Crippen LogP contribution in [0, 0.1) is 10.1 Å². The summed E-state index contributed by atoms with van der Waals surface area (Å²) in [6.45, 7) is 2.72. The molecule has 0 fully saturated rings. The van der Waals surface area contributed by atoms with Crippen molar-refractivity contribution in [3.8, 4) is 0 Å². The Morgan fingerprint density at radius 2 is 2.08 bits per heavy atom. The Bertz CT molecular complexity index is 830. The van der Waals surface area contributed by atoms with Crippen molar-refractivity contribution in [2.24, 2.45) is 0 Å². The summed E-state index contributed by atoms with van der Waals surface area (Å²) in [7, 11) is 0. The molecule has 1 aromatic heterocycles. The van der Waals surface area contributed by atoms with Gasteiger partial charge < -0.3 is 0 Å². The fraction of sp³-hybridized carbons (Fsp3) is 0.333. The molecule has 0 bridgehead atoms. The van der Waals surface area contributed by atoms with Crippen LogP contribution in [0.3, 0.4) is 0 Å². The van der Waals surface area contributed by atoms with Crippen LogP contribution < -0.4 is 0 Å². The van der Waals surface area contributed by atoms with E-state index in [4.69, 9.17) is 0 Å². The van der Waals surface area contributed by atoms with Gasteiger partial charge >= 0.3 is 0 Å². The molecule has 0 N–H and O–H groups in total. The van der Waals surface area contributed by atoms with Crippen LogP contribution in [0.25, 0.3) is 10.8 Å². The lowest BCUT2D eigenvalue weighted by atomic mass is 9.88. The molecule has 3 aromatic rings. The first-order valence-electron chi connectivity index (χ1n) is 8.19. The largest absolute Gasteiger partial charge is 0.273 e. The van der Waals surface area contributed by atoms with E-state index in [2.05, 4.69) is 17.0 Å². The fourth-order valence-electron chi connectivity index (χ4n) is 3.20. The average molecular weight is 324 g/mol. The van der Waals surface area contributed by atoms with Gasteiger partial charge in [0, 0.05) is 24.1 Å². The summed E-state index contributed by atoms with van der Waals surface area (Å²) in [5.74, 6) is 0.0261. The van der Waals surface area contributed by atoms with Gasteiger partial charge in [-0.05, 0) is 23.3 Å². The number of benzene rings is 2. The minimum absolute atomic E-state index is 0.0261. The molecule has 6 nitrogen and oxygen atoms in total. The molecule has 0 saturated carbocycles. The van der Waals surface area contributed by atoms with Crippen molar-refractivity contribution in [2.45, 2.75) is 38.6 Å². The maximum Gasteiger partial charge on any atom is 0.273 e. The van der Waals surface area contributed by atoms with E-state index in [9.17, 15) is 10.1 Å². The van der Waals surface area contributed by atoms with Crippen LogP contribution in [0.1, 0.15) is 37.7 Å². The number of hydrogen-bond acceptors (Lipinski definition) is 4. The zero-order valence-corrected chi connectivity index (χ0v) is 13.6. The highest BCUT2D eigenvalue weighted by molar-refractivity contribution is 5.89. The zero-order chi connectivity index (χ0) is 16.9. The smallest absolute Gasteiger partial charge is 0.258 e. The minimum atomic E-state index is -0.276. The standard InChI is InChI=1S/C18H20N4O2/c1-2-3-6-15(11-21-13-19-12-20-21)18-16-8-5-4-7-14(16)9-10-17(18)22(23)24/h4-5,7-10,12-13,15H,2-3,6,11H2,1H3.